The number of thiazole rings is 1. The van der Waals surface area contributed by atoms with E-state index in [9.17, 15) is 5.11 Å². The molecule has 0 amide bonds. The van der Waals surface area contributed by atoms with Crippen LogP contribution in [0.15, 0.2) is 29.6 Å². The maximum atomic E-state index is 10.4. The average Bonchev–Trinajstić information content (AvgIpc) is 2.95. The monoisotopic (exact) mass is 273 g/mol. The molecular weight excluding hydrogens is 258 g/mol. The second-order valence-corrected chi connectivity index (χ2v) is 5.57. The number of aromatic nitrogens is 3. The summed E-state index contributed by atoms with van der Waals surface area (Å²) in [4.78, 5) is 4.39. The first-order valence-corrected chi connectivity index (χ1v) is 7.04. The van der Waals surface area contributed by atoms with Crippen molar-refractivity contribution in [3.05, 3.63) is 46.0 Å². The third-order valence-corrected chi connectivity index (χ3v) is 4.13. The minimum Gasteiger partial charge on any atom is -0.386 e. The predicted octanol–water partition coefficient (Wildman–Crippen LogP) is 2.61. The van der Waals surface area contributed by atoms with E-state index in [1.807, 2.05) is 43.6 Å². The zero-order valence-electron chi connectivity index (χ0n) is 10.9. The number of aliphatic hydroxyl groups is 1. The van der Waals surface area contributed by atoms with Gasteiger partial charge in [0.15, 0.2) is 0 Å². The van der Waals surface area contributed by atoms with Crippen LogP contribution in [0.4, 0.5) is 0 Å². The molecule has 19 heavy (non-hydrogen) atoms. The van der Waals surface area contributed by atoms with Crippen LogP contribution in [0, 0.1) is 6.92 Å². The molecule has 0 spiro atoms. The molecule has 2 aromatic heterocycles. The number of aliphatic hydroxyl groups excluding tert-OH is 1. The molecule has 1 unspecified atom stereocenters. The van der Waals surface area contributed by atoms with E-state index in [1.165, 1.54) is 0 Å². The lowest BCUT2D eigenvalue weighted by Gasteiger charge is -2.05. The van der Waals surface area contributed by atoms with Crippen molar-refractivity contribution in [3.63, 3.8) is 0 Å². The zero-order chi connectivity index (χ0) is 13.4. The van der Waals surface area contributed by atoms with E-state index >= 15 is 0 Å². The highest BCUT2D eigenvalue weighted by Gasteiger charge is 2.18. The quantitative estimate of drug-likeness (QED) is 0.798. The molecule has 2 heterocycles. The highest BCUT2D eigenvalue weighted by molar-refractivity contribution is 7.09. The van der Waals surface area contributed by atoms with Crippen molar-refractivity contribution in [1.82, 2.24) is 14.8 Å². The molecule has 0 aliphatic carbocycles. The van der Waals surface area contributed by atoms with Gasteiger partial charge >= 0.3 is 0 Å². The molecular formula is C14H15N3OS. The fraction of sp³-hybridized carbons (Fsp3) is 0.286. The summed E-state index contributed by atoms with van der Waals surface area (Å²) in [6, 6.07) is 7.94. The van der Waals surface area contributed by atoms with Gasteiger partial charge in [-0.15, -0.1) is 11.3 Å². The Morgan fingerprint density at radius 2 is 2.16 bits per heavy atom. The lowest BCUT2D eigenvalue weighted by Crippen LogP contribution is -2.03. The van der Waals surface area contributed by atoms with Crippen molar-refractivity contribution in [2.24, 2.45) is 7.05 Å². The maximum Gasteiger partial charge on any atom is 0.105 e. The molecule has 5 heteroatoms. The Balaban J connectivity index is 1.95. The fourth-order valence-electron chi connectivity index (χ4n) is 2.25. The van der Waals surface area contributed by atoms with Gasteiger partial charge in [-0.3, -0.25) is 4.68 Å². The molecule has 0 aliphatic heterocycles. The number of hydrogen-bond acceptors (Lipinski definition) is 4. The number of rotatable bonds is 3. The first kappa shape index (κ1) is 12.3. The van der Waals surface area contributed by atoms with Gasteiger partial charge in [-0.1, -0.05) is 18.2 Å². The average molecular weight is 273 g/mol. The van der Waals surface area contributed by atoms with Gasteiger partial charge in [0.25, 0.3) is 0 Å². The van der Waals surface area contributed by atoms with Gasteiger partial charge in [-0.05, 0) is 13.0 Å². The molecule has 0 saturated carbocycles. The van der Waals surface area contributed by atoms with Crippen molar-refractivity contribution in [3.8, 4) is 0 Å². The number of benzene rings is 1. The topological polar surface area (TPSA) is 50.9 Å². The molecule has 3 rings (SSSR count). The largest absolute Gasteiger partial charge is 0.386 e. The summed E-state index contributed by atoms with van der Waals surface area (Å²) in [6.45, 7) is 1.96. The van der Waals surface area contributed by atoms with Crippen molar-refractivity contribution in [2.75, 3.05) is 0 Å². The van der Waals surface area contributed by atoms with Crippen LogP contribution in [0.25, 0.3) is 10.9 Å². The second kappa shape index (κ2) is 4.75. The first-order chi connectivity index (χ1) is 9.15. The van der Waals surface area contributed by atoms with Gasteiger partial charge in [-0.25, -0.2) is 4.98 Å². The van der Waals surface area contributed by atoms with Gasteiger partial charge in [0.2, 0.25) is 0 Å². The van der Waals surface area contributed by atoms with E-state index in [2.05, 4.69) is 10.1 Å². The molecule has 0 fully saturated rings. The van der Waals surface area contributed by atoms with Gasteiger partial charge < -0.3 is 5.11 Å². The van der Waals surface area contributed by atoms with E-state index in [1.54, 1.807) is 16.0 Å². The fourth-order valence-corrected chi connectivity index (χ4v) is 3.06. The summed E-state index contributed by atoms with van der Waals surface area (Å²) in [6.07, 6.45) is -0.101. The summed E-state index contributed by atoms with van der Waals surface area (Å²) < 4.78 is 1.81. The molecule has 1 aromatic carbocycles. The summed E-state index contributed by atoms with van der Waals surface area (Å²) in [5.74, 6) is 0. The predicted molar refractivity (Wildman–Crippen MR) is 76.2 cm³/mol. The number of hydrogen-bond donors (Lipinski definition) is 1. The van der Waals surface area contributed by atoms with Crippen LogP contribution in [0.3, 0.4) is 0 Å². The summed E-state index contributed by atoms with van der Waals surface area (Å²) in [5, 5.41) is 18.8. The van der Waals surface area contributed by atoms with E-state index in [4.69, 9.17) is 0 Å². The third-order valence-electron chi connectivity index (χ3n) is 3.14. The molecule has 98 valence electrons. The molecule has 1 atom stereocenters. The first-order valence-electron chi connectivity index (χ1n) is 6.16. The van der Waals surface area contributed by atoms with Crippen LogP contribution < -0.4 is 0 Å². The molecule has 0 aliphatic rings. The molecule has 0 radical (unpaired) electrons. The van der Waals surface area contributed by atoms with Crippen LogP contribution in [0.2, 0.25) is 0 Å². The second-order valence-electron chi connectivity index (χ2n) is 4.63. The van der Waals surface area contributed by atoms with Gasteiger partial charge in [0.1, 0.15) is 6.10 Å². The van der Waals surface area contributed by atoms with E-state index in [0.717, 1.165) is 27.3 Å². The molecule has 4 nitrogen and oxygen atoms in total. The van der Waals surface area contributed by atoms with Crippen LogP contribution >= 0.6 is 11.3 Å². The SMILES string of the molecule is Cc1csc(CC(O)c2nn(C)c3ccccc23)n1. The minimum absolute atomic E-state index is 0.513. The molecule has 0 saturated heterocycles. The van der Waals surface area contributed by atoms with Crippen molar-refractivity contribution < 1.29 is 5.11 Å². The maximum absolute atomic E-state index is 10.4. The van der Waals surface area contributed by atoms with Crippen LogP contribution in [-0.4, -0.2) is 19.9 Å². The molecule has 3 aromatic rings. The number of nitrogens with zero attached hydrogens (tertiary/aromatic N) is 3. The Labute approximate surface area is 115 Å². The van der Waals surface area contributed by atoms with E-state index in [0.29, 0.717) is 6.42 Å². The van der Waals surface area contributed by atoms with Gasteiger partial charge in [0, 0.05) is 29.9 Å². The summed E-state index contributed by atoms with van der Waals surface area (Å²) in [7, 11) is 1.89. The Morgan fingerprint density at radius 3 is 2.89 bits per heavy atom. The Kier molecular flexibility index (Phi) is 3.08. The highest BCUT2D eigenvalue weighted by atomic mass is 32.1. The minimum atomic E-state index is -0.614. The van der Waals surface area contributed by atoms with Crippen LogP contribution in [-0.2, 0) is 13.5 Å². The van der Waals surface area contributed by atoms with Gasteiger partial charge in [-0.2, -0.15) is 5.10 Å². The summed E-state index contributed by atoms with van der Waals surface area (Å²) in [5.41, 5.74) is 2.76. The highest BCUT2D eigenvalue weighted by Crippen LogP contribution is 2.26. The van der Waals surface area contributed by atoms with Crippen molar-refractivity contribution >= 4 is 22.2 Å². The van der Waals surface area contributed by atoms with E-state index < -0.39 is 6.10 Å². The zero-order valence-corrected chi connectivity index (χ0v) is 11.7. The normalized spacial score (nSPS) is 13.0. The number of fused-ring (bicyclic) bond motifs is 1. The number of para-hydroxylation sites is 1. The lowest BCUT2D eigenvalue weighted by atomic mass is 10.1. The van der Waals surface area contributed by atoms with Crippen LogP contribution in [0.5, 0.6) is 0 Å². The molecule has 0 bridgehead atoms. The lowest BCUT2D eigenvalue weighted by molar-refractivity contribution is 0.174. The third kappa shape index (κ3) is 2.27. The van der Waals surface area contributed by atoms with Crippen molar-refractivity contribution in [2.45, 2.75) is 19.4 Å². The Hall–Kier alpha value is -1.72. The summed E-state index contributed by atoms with van der Waals surface area (Å²) >= 11 is 1.58. The standard InChI is InChI=1S/C14H15N3OS/c1-9-8-19-13(15-9)7-12(18)14-10-5-3-4-6-11(10)17(2)16-14/h3-6,8,12,18H,7H2,1-2H3. The molecule has 1 N–H and O–H groups in total. The Bertz CT molecular complexity index is 716. The van der Waals surface area contributed by atoms with E-state index in [-0.39, 0.29) is 0 Å². The van der Waals surface area contributed by atoms with Gasteiger partial charge in [0.05, 0.1) is 16.2 Å². The smallest absolute Gasteiger partial charge is 0.105 e. The van der Waals surface area contributed by atoms with Crippen LogP contribution in [0.1, 0.15) is 22.5 Å². The number of aryl methyl sites for hydroxylation is 2. The van der Waals surface area contributed by atoms with Crippen molar-refractivity contribution in [1.29, 1.82) is 0 Å². The Morgan fingerprint density at radius 1 is 1.37 bits per heavy atom.